The average molecular weight is 389 g/mol. The molecule has 1 aromatic carbocycles. The Balaban J connectivity index is 1.32. The number of hydrogen-bond donors (Lipinski definition) is 1. The standard InChI is InChI=1S/C20H25ClN4O2/c1-13-9-17(5-6-18(13)21)27-12-25-8-7-19(23-25)20(26)22-14-10-15-3-4-16(11-14)24(15)2/h5-9,14-16H,3-4,10-12H2,1-2H3,(H,22,26). The first-order chi connectivity index (χ1) is 13.0. The van der Waals surface area contributed by atoms with E-state index in [-0.39, 0.29) is 18.7 Å². The van der Waals surface area contributed by atoms with Crippen molar-refractivity contribution in [1.82, 2.24) is 20.0 Å². The summed E-state index contributed by atoms with van der Waals surface area (Å²) >= 11 is 6.03. The Morgan fingerprint density at radius 3 is 2.74 bits per heavy atom. The van der Waals surface area contributed by atoms with Crippen molar-refractivity contribution < 1.29 is 9.53 Å². The highest BCUT2D eigenvalue weighted by Crippen LogP contribution is 2.34. The smallest absolute Gasteiger partial charge is 0.271 e. The number of piperidine rings is 1. The van der Waals surface area contributed by atoms with Crippen LogP contribution in [0.25, 0.3) is 0 Å². The minimum absolute atomic E-state index is 0.106. The van der Waals surface area contributed by atoms with E-state index in [1.165, 1.54) is 12.8 Å². The lowest BCUT2D eigenvalue weighted by Crippen LogP contribution is -2.48. The van der Waals surface area contributed by atoms with Gasteiger partial charge < -0.3 is 15.0 Å². The van der Waals surface area contributed by atoms with Gasteiger partial charge in [0, 0.05) is 29.3 Å². The highest BCUT2D eigenvalue weighted by Gasteiger charge is 2.38. The van der Waals surface area contributed by atoms with Gasteiger partial charge in [0.2, 0.25) is 0 Å². The van der Waals surface area contributed by atoms with Crippen LogP contribution >= 0.6 is 11.6 Å². The van der Waals surface area contributed by atoms with Crippen LogP contribution < -0.4 is 10.1 Å². The lowest BCUT2D eigenvalue weighted by atomic mass is 9.98. The second kappa shape index (κ2) is 7.52. The molecule has 1 amide bonds. The Morgan fingerprint density at radius 1 is 1.30 bits per heavy atom. The number of rotatable bonds is 5. The summed E-state index contributed by atoms with van der Waals surface area (Å²) < 4.78 is 7.35. The summed E-state index contributed by atoms with van der Waals surface area (Å²) in [6.45, 7) is 2.17. The summed E-state index contributed by atoms with van der Waals surface area (Å²) in [5.41, 5.74) is 1.39. The van der Waals surface area contributed by atoms with Gasteiger partial charge in [-0.15, -0.1) is 0 Å². The molecule has 7 heteroatoms. The van der Waals surface area contributed by atoms with E-state index in [9.17, 15) is 4.79 Å². The SMILES string of the molecule is Cc1cc(OCn2ccc(C(=O)NC3CC4CCC(C3)N4C)n2)ccc1Cl. The van der Waals surface area contributed by atoms with Gasteiger partial charge in [-0.05, 0) is 69.5 Å². The molecule has 2 fully saturated rings. The van der Waals surface area contributed by atoms with Crippen LogP contribution in [-0.2, 0) is 6.73 Å². The third-order valence-corrected chi connectivity index (χ3v) is 6.22. The van der Waals surface area contributed by atoms with E-state index in [1.54, 1.807) is 16.9 Å². The fourth-order valence-electron chi connectivity index (χ4n) is 4.19. The van der Waals surface area contributed by atoms with Crippen LogP contribution in [0.5, 0.6) is 5.75 Å². The third-order valence-electron chi connectivity index (χ3n) is 5.80. The van der Waals surface area contributed by atoms with Gasteiger partial charge in [0.25, 0.3) is 5.91 Å². The van der Waals surface area contributed by atoms with Crippen LogP contribution in [0.15, 0.2) is 30.5 Å². The fourth-order valence-corrected chi connectivity index (χ4v) is 4.31. The molecule has 2 aromatic rings. The first-order valence-corrected chi connectivity index (χ1v) is 9.82. The Morgan fingerprint density at radius 2 is 2.04 bits per heavy atom. The van der Waals surface area contributed by atoms with Gasteiger partial charge in [-0.2, -0.15) is 5.10 Å². The largest absolute Gasteiger partial charge is 0.471 e. The number of nitrogens with zero attached hydrogens (tertiary/aromatic N) is 3. The minimum Gasteiger partial charge on any atom is -0.471 e. The molecule has 4 rings (SSSR count). The van der Waals surface area contributed by atoms with E-state index in [2.05, 4.69) is 22.4 Å². The van der Waals surface area contributed by atoms with Gasteiger partial charge >= 0.3 is 0 Å². The number of hydrogen-bond acceptors (Lipinski definition) is 4. The zero-order chi connectivity index (χ0) is 19.0. The molecular formula is C20H25ClN4O2. The molecule has 0 spiro atoms. The summed E-state index contributed by atoms with van der Waals surface area (Å²) in [6, 6.07) is 8.68. The van der Waals surface area contributed by atoms with Crippen molar-refractivity contribution in [2.75, 3.05) is 7.05 Å². The number of ether oxygens (including phenoxy) is 1. The number of aromatic nitrogens is 2. The molecule has 2 atom stereocenters. The zero-order valence-electron chi connectivity index (χ0n) is 15.7. The van der Waals surface area contributed by atoms with Crippen molar-refractivity contribution in [3.63, 3.8) is 0 Å². The van der Waals surface area contributed by atoms with Crippen LogP contribution in [-0.4, -0.2) is 45.8 Å². The van der Waals surface area contributed by atoms with Crippen molar-refractivity contribution >= 4 is 17.5 Å². The maximum atomic E-state index is 12.5. The predicted molar refractivity (Wildman–Crippen MR) is 104 cm³/mol. The Kier molecular flexibility index (Phi) is 5.10. The molecule has 2 bridgehead atoms. The first-order valence-electron chi connectivity index (χ1n) is 9.45. The van der Waals surface area contributed by atoms with Gasteiger partial charge in [0.1, 0.15) is 11.4 Å². The quantitative estimate of drug-likeness (QED) is 0.854. The molecule has 144 valence electrons. The number of nitrogens with one attached hydrogen (secondary N) is 1. The number of amides is 1. The van der Waals surface area contributed by atoms with E-state index in [0.29, 0.717) is 22.8 Å². The summed E-state index contributed by atoms with van der Waals surface area (Å²) in [7, 11) is 2.20. The van der Waals surface area contributed by atoms with Crippen molar-refractivity contribution in [2.45, 2.75) is 57.5 Å². The molecule has 2 aliphatic heterocycles. The zero-order valence-corrected chi connectivity index (χ0v) is 16.4. The Labute approximate surface area is 164 Å². The Hall–Kier alpha value is -2.05. The van der Waals surface area contributed by atoms with Gasteiger partial charge in [0.15, 0.2) is 6.73 Å². The molecule has 0 radical (unpaired) electrons. The molecule has 2 aliphatic rings. The lowest BCUT2D eigenvalue weighted by Gasteiger charge is -2.36. The third kappa shape index (κ3) is 3.96. The molecule has 0 aliphatic carbocycles. The molecule has 1 N–H and O–H groups in total. The van der Waals surface area contributed by atoms with Crippen molar-refractivity contribution in [2.24, 2.45) is 0 Å². The number of carbonyl (C=O) groups excluding carboxylic acids is 1. The van der Waals surface area contributed by atoms with Crippen LogP contribution in [0.3, 0.4) is 0 Å². The molecule has 2 unspecified atom stereocenters. The molecule has 2 saturated heterocycles. The van der Waals surface area contributed by atoms with E-state index in [0.717, 1.165) is 24.2 Å². The maximum Gasteiger partial charge on any atom is 0.271 e. The van der Waals surface area contributed by atoms with E-state index < -0.39 is 0 Å². The van der Waals surface area contributed by atoms with E-state index in [4.69, 9.17) is 16.3 Å². The van der Waals surface area contributed by atoms with Crippen molar-refractivity contribution in [3.05, 3.63) is 46.7 Å². The molecule has 1 aromatic heterocycles. The first kappa shape index (κ1) is 18.3. The number of halogens is 1. The van der Waals surface area contributed by atoms with Crippen LogP contribution in [0.1, 0.15) is 41.7 Å². The minimum atomic E-state index is -0.106. The number of carbonyl (C=O) groups is 1. The number of aryl methyl sites for hydroxylation is 1. The van der Waals surface area contributed by atoms with Gasteiger partial charge in [-0.3, -0.25) is 4.79 Å². The molecular weight excluding hydrogens is 364 g/mol. The summed E-state index contributed by atoms with van der Waals surface area (Å²) in [5.74, 6) is 0.616. The average Bonchev–Trinajstić information content (AvgIpc) is 3.18. The topological polar surface area (TPSA) is 59.4 Å². The molecule has 27 heavy (non-hydrogen) atoms. The Bertz CT molecular complexity index is 823. The van der Waals surface area contributed by atoms with Crippen LogP contribution in [0, 0.1) is 6.92 Å². The monoisotopic (exact) mass is 388 g/mol. The highest BCUT2D eigenvalue weighted by molar-refractivity contribution is 6.31. The number of fused-ring (bicyclic) bond motifs is 2. The van der Waals surface area contributed by atoms with Crippen molar-refractivity contribution in [1.29, 1.82) is 0 Å². The number of benzene rings is 1. The van der Waals surface area contributed by atoms with Gasteiger partial charge in [0.05, 0.1) is 0 Å². The van der Waals surface area contributed by atoms with Crippen LogP contribution in [0.4, 0.5) is 0 Å². The normalized spacial score (nSPS) is 24.8. The predicted octanol–water partition coefficient (Wildman–Crippen LogP) is 3.24. The highest BCUT2D eigenvalue weighted by atomic mass is 35.5. The second-order valence-corrected chi connectivity index (χ2v) is 8.02. The van der Waals surface area contributed by atoms with E-state index in [1.807, 2.05) is 25.1 Å². The molecule has 6 nitrogen and oxygen atoms in total. The van der Waals surface area contributed by atoms with Gasteiger partial charge in [-0.1, -0.05) is 11.6 Å². The molecule has 3 heterocycles. The van der Waals surface area contributed by atoms with Gasteiger partial charge in [-0.25, -0.2) is 4.68 Å². The summed E-state index contributed by atoms with van der Waals surface area (Å²) in [4.78, 5) is 15.0. The van der Waals surface area contributed by atoms with E-state index >= 15 is 0 Å². The second-order valence-electron chi connectivity index (χ2n) is 7.62. The maximum absolute atomic E-state index is 12.5. The lowest BCUT2D eigenvalue weighted by molar-refractivity contribution is 0.0875. The summed E-state index contributed by atoms with van der Waals surface area (Å²) in [6.07, 6.45) is 6.29. The summed E-state index contributed by atoms with van der Waals surface area (Å²) in [5, 5.41) is 8.21. The van der Waals surface area contributed by atoms with Crippen molar-refractivity contribution in [3.8, 4) is 5.75 Å². The molecule has 0 saturated carbocycles. The fraction of sp³-hybridized carbons (Fsp3) is 0.500. The van der Waals surface area contributed by atoms with Crippen LogP contribution in [0.2, 0.25) is 5.02 Å².